The first-order chi connectivity index (χ1) is 15.8. The van der Waals surface area contributed by atoms with Crippen molar-refractivity contribution in [3.8, 4) is 17.0 Å². The average Bonchev–Trinajstić information content (AvgIpc) is 3.27. The highest BCUT2D eigenvalue weighted by Crippen LogP contribution is 2.26. The second-order valence-electron chi connectivity index (χ2n) is 9.07. The van der Waals surface area contributed by atoms with Crippen LogP contribution in [-0.4, -0.2) is 52.8 Å². The summed E-state index contributed by atoms with van der Waals surface area (Å²) in [6.45, 7) is 4.13. The summed E-state index contributed by atoms with van der Waals surface area (Å²) in [4.78, 5) is 6.72. The number of nitrogens with one attached hydrogen (secondary N) is 1. The van der Waals surface area contributed by atoms with Crippen LogP contribution in [0.1, 0.15) is 37.7 Å². The molecule has 0 unspecified atom stereocenters. The SMILES string of the molecule is COc1cncc(-c2cn(Cc3ccc(N4CCC[C@@H](NCC5CCC5)C4)cc3)nn2)c1. The lowest BCUT2D eigenvalue weighted by Crippen LogP contribution is -2.47. The van der Waals surface area contributed by atoms with Crippen molar-refractivity contribution in [2.24, 2.45) is 5.92 Å². The van der Waals surface area contributed by atoms with Gasteiger partial charge in [0.25, 0.3) is 0 Å². The van der Waals surface area contributed by atoms with E-state index in [2.05, 4.69) is 49.8 Å². The number of benzene rings is 1. The number of nitrogens with zero attached hydrogens (tertiary/aromatic N) is 5. The largest absolute Gasteiger partial charge is 0.495 e. The van der Waals surface area contributed by atoms with E-state index in [0.29, 0.717) is 18.3 Å². The average molecular weight is 433 g/mol. The minimum absolute atomic E-state index is 0.615. The Morgan fingerprint density at radius 2 is 1.97 bits per heavy atom. The Balaban J connectivity index is 1.18. The van der Waals surface area contributed by atoms with Gasteiger partial charge in [-0.1, -0.05) is 23.8 Å². The topological polar surface area (TPSA) is 68.1 Å². The van der Waals surface area contributed by atoms with E-state index in [1.54, 1.807) is 19.5 Å². The molecule has 1 aliphatic heterocycles. The van der Waals surface area contributed by atoms with Gasteiger partial charge in [-0.05, 0) is 61.9 Å². The van der Waals surface area contributed by atoms with E-state index in [-0.39, 0.29) is 0 Å². The number of hydrogen-bond donors (Lipinski definition) is 1. The van der Waals surface area contributed by atoms with Crippen LogP contribution in [0.3, 0.4) is 0 Å². The van der Waals surface area contributed by atoms with Crippen molar-refractivity contribution in [2.75, 3.05) is 31.6 Å². The van der Waals surface area contributed by atoms with Crippen LogP contribution in [0.5, 0.6) is 5.75 Å². The lowest BCUT2D eigenvalue weighted by atomic mass is 9.85. The molecule has 0 radical (unpaired) electrons. The van der Waals surface area contributed by atoms with Crippen molar-refractivity contribution < 1.29 is 4.74 Å². The first kappa shape index (κ1) is 20.9. The monoisotopic (exact) mass is 432 g/mol. The van der Waals surface area contributed by atoms with Crippen LogP contribution in [0.2, 0.25) is 0 Å². The molecule has 7 heteroatoms. The number of rotatable bonds is 8. The molecule has 1 atom stereocenters. The zero-order valence-corrected chi connectivity index (χ0v) is 18.8. The number of hydrogen-bond acceptors (Lipinski definition) is 6. The summed E-state index contributed by atoms with van der Waals surface area (Å²) in [5, 5.41) is 12.4. The lowest BCUT2D eigenvalue weighted by molar-refractivity contribution is 0.280. The van der Waals surface area contributed by atoms with E-state index in [1.807, 2.05) is 16.9 Å². The van der Waals surface area contributed by atoms with E-state index in [1.165, 1.54) is 49.9 Å². The van der Waals surface area contributed by atoms with Crippen LogP contribution in [0, 0.1) is 5.92 Å². The minimum atomic E-state index is 0.615. The fraction of sp³-hybridized carbons (Fsp3) is 0.480. The van der Waals surface area contributed by atoms with Gasteiger partial charge in [0.15, 0.2) is 0 Å². The standard InChI is InChI=1S/C25H32N6O/c1-32-24-12-21(14-26-15-24)25-18-31(29-28-25)16-20-7-9-23(10-8-20)30-11-3-6-22(17-30)27-13-19-4-2-5-19/h7-10,12,14-15,18-19,22,27H,2-6,11,13,16-17H2,1H3/t22-/m1/s1. The first-order valence-electron chi connectivity index (χ1n) is 11.7. The van der Waals surface area contributed by atoms with Gasteiger partial charge in [0.05, 0.1) is 26.0 Å². The Bertz CT molecular complexity index is 1010. The third-order valence-corrected chi connectivity index (χ3v) is 6.77. The summed E-state index contributed by atoms with van der Waals surface area (Å²) in [7, 11) is 1.64. The van der Waals surface area contributed by atoms with Gasteiger partial charge in [0, 0.05) is 36.6 Å². The maximum atomic E-state index is 5.25. The van der Waals surface area contributed by atoms with Crippen LogP contribution >= 0.6 is 0 Å². The van der Waals surface area contributed by atoms with Crippen molar-refractivity contribution in [1.82, 2.24) is 25.3 Å². The van der Waals surface area contributed by atoms with Gasteiger partial charge in [-0.25, -0.2) is 4.68 Å². The number of anilines is 1. The molecule has 1 saturated carbocycles. The molecule has 1 saturated heterocycles. The minimum Gasteiger partial charge on any atom is -0.495 e. The predicted molar refractivity (Wildman–Crippen MR) is 126 cm³/mol. The number of piperidine rings is 1. The summed E-state index contributed by atoms with van der Waals surface area (Å²) >= 11 is 0. The van der Waals surface area contributed by atoms with Gasteiger partial charge in [-0.3, -0.25) is 4.98 Å². The molecule has 1 aliphatic carbocycles. The summed E-state index contributed by atoms with van der Waals surface area (Å²) in [5.74, 6) is 1.63. The number of methoxy groups -OCH3 is 1. The van der Waals surface area contributed by atoms with Crippen LogP contribution in [0.4, 0.5) is 5.69 Å². The van der Waals surface area contributed by atoms with Gasteiger partial charge < -0.3 is 15.0 Å². The van der Waals surface area contributed by atoms with Gasteiger partial charge in [-0.15, -0.1) is 5.10 Å². The van der Waals surface area contributed by atoms with Gasteiger partial charge in [0.1, 0.15) is 11.4 Å². The third kappa shape index (κ3) is 4.93. The Kier molecular flexibility index (Phi) is 6.34. The van der Waals surface area contributed by atoms with Crippen LogP contribution in [0.15, 0.2) is 48.9 Å². The molecule has 32 heavy (non-hydrogen) atoms. The molecule has 5 rings (SSSR count). The molecule has 0 bridgehead atoms. The Morgan fingerprint density at radius 1 is 1.09 bits per heavy atom. The summed E-state index contributed by atoms with van der Waals surface area (Å²) in [6, 6.07) is 11.4. The molecular weight excluding hydrogens is 400 g/mol. The van der Waals surface area contributed by atoms with Crippen LogP contribution < -0.4 is 15.0 Å². The van der Waals surface area contributed by atoms with Crippen molar-refractivity contribution in [3.63, 3.8) is 0 Å². The molecule has 2 aliphatic rings. The fourth-order valence-electron chi connectivity index (χ4n) is 4.59. The van der Waals surface area contributed by atoms with Crippen molar-refractivity contribution in [1.29, 1.82) is 0 Å². The zero-order valence-electron chi connectivity index (χ0n) is 18.8. The molecule has 0 amide bonds. The third-order valence-electron chi connectivity index (χ3n) is 6.77. The molecule has 3 heterocycles. The van der Waals surface area contributed by atoms with Crippen molar-refractivity contribution in [2.45, 2.75) is 44.7 Å². The molecule has 0 spiro atoms. The van der Waals surface area contributed by atoms with Crippen LogP contribution in [-0.2, 0) is 6.54 Å². The second-order valence-corrected chi connectivity index (χ2v) is 9.07. The lowest BCUT2D eigenvalue weighted by Gasteiger charge is -2.36. The number of aromatic nitrogens is 4. The van der Waals surface area contributed by atoms with Gasteiger partial charge in [0.2, 0.25) is 0 Å². The maximum Gasteiger partial charge on any atom is 0.137 e. The van der Waals surface area contributed by atoms with Crippen molar-refractivity contribution >= 4 is 5.69 Å². The van der Waals surface area contributed by atoms with E-state index in [4.69, 9.17) is 4.74 Å². The Labute approximate surface area is 189 Å². The van der Waals surface area contributed by atoms with E-state index in [0.717, 1.165) is 30.3 Å². The highest BCUT2D eigenvalue weighted by molar-refractivity contribution is 5.58. The first-order valence-corrected chi connectivity index (χ1v) is 11.7. The van der Waals surface area contributed by atoms with E-state index >= 15 is 0 Å². The molecule has 7 nitrogen and oxygen atoms in total. The highest BCUT2D eigenvalue weighted by Gasteiger charge is 2.23. The summed E-state index contributed by atoms with van der Waals surface area (Å²) in [5.41, 5.74) is 4.22. The highest BCUT2D eigenvalue weighted by atomic mass is 16.5. The second kappa shape index (κ2) is 9.69. The Hall–Kier alpha value is -2.93. The maximum absolute atomic E-state index is 5.25. The fourth-order valence-corrected chi connectivity index (χ4v) is 4.59. The van der Waals surface area contributed by atoms with E-state index < -0.39 is 0 Å². The molecule has 1 aromatic carbocycles. The predicted octanol–water partition coefficient (Wildman–Crippen LogP) is 3.76. The number of ether oxygens (including phenoxy) is 1. The molecule has 2 aromatic heterocycles. The zero-order chi connectivity index (χ0) is 21.8. The molecular formula is C25H32N6O. The quantitative estimate of drug-likeness (QED) is 0.585. The smallest absolute Gasteiger partial charge is 0.137 e. The van der Waals surface area contributed by atoms with E-state index in [9.17, 15) is 0 Å². The molecule has 1 N–H and O–H groups in total. The molecule has 2 fully saturated rings. The van der Waals surface area contributed by atoms with Crippen LogP contribution in [0.25, 0.3) is 11.3 Å². The number of pyridine rings is 1. The normalized spacial score (nSPS) is 19.0. The van der Waals surface area contributed by atoms with Gasteiger partial charge >= 0.3 is 0 Å². The van der Waals surface area contributed by atoms with Crippen molar-refractivity contribution in [3.05, 3.63) is 54.5 Å². The summed E-state index contributed by atoms with van der Waals surface area (Å²) in [6.07, 6.45) is 12.2. The van der Waals surface area contributed by atoms with Gasteiger partial charge in [-0.2, -0.15) is 0 Å². The molecule has 168 valence electrons. The molecule has 3 aromatic rings. The Morgan fingerprint density at radius 3 is 2.75 bits per heavy atom. The summed E-state index contributed by atoms with van der Waals surface area (Å²) < 4.78 is 7.12.